The molecule has 5 heteroatoms. The van der Waals surface area contributed by atoms with Gasteiger partial charge in [-0.25, -0.2) is 0 Å². The van der Waals surface area contributed by atoms with Crippen LogP contribution in [0.1, 0.15) is 65.8 Å². The number of rotatable bonds is 6. The zero-order valence-electron chi connectivity index (χ0n) is 16.5. The summed E-state index contributed by atoms with van der Waals surface area (Å²) in [5, 5.41) is 0. The van der Waals surface area contributed by atoms with Gasteiger partial charge in [0.25, 0.3) is 11.8 Å². The molecule has 146 valence electrons. The first-order valence-corrected chi connectivity index (χ1v) is 9.48. The predicted molar refractivity (Wildman–Crippen MR) is 106 cm³/mol. The van der Waals surface area contributed by atoms with Gasteiger partial charge in [0, 0.05) is 6.54 Å². The number of esters is 1. The third-order valence-corrected chi connectivity index (χ3v) is 4.68. The molecule has 2 aromatic carbocycles. The van der Waals surface area contributed by atoms with Gasteiger partial charge in [-0.05, 0) is 50.8 Å². The lowest BCUT2D eigenvalue weighted by Crippen LogP contribution is -2.32. The first-order valence-electron chi connectivity index (χ1n) is 9.48. The van der Waals surface area contributed by atoms with E-state index in [-0.39, 0.29) is 36.7 Å². The van der Waals surface area contributed by atoms with Gasteiger partial charge in [-0.3, -0.25) is 19.3 Å². The molecule has 1 aliphatic heterocycles. The van der Waals surface area contributed by atoms with Crippen LogP contribution in [0.2, 0.25) is 0 Å². The number of amides is 2. The molecule has 1 atom stereocenters. The van der Waals surface area contributed by atoms with E-state index in [1.165, 1.54) is 4.90 Å². The Labute approximate surface area is 165 Å². The van der Waals surface area contributed by atoms with Crippen LogP contribution in [-0.4, -0.2) is 34.8 Å². The number of hydrogen-bond acceptors (Lipinski definition) is 4. The maximum Gasteiger partial charge on any atom is 0.306 e. The van der Waals surface area contributed by atoms with Gasteiger partial charge in [0.2, 0.25) is 0 Å². The second-order valence-corrected chi connectivity index (χ2v) is 7.99. The SMILES string of the molecule is CC(C)(C)OC(=O)C[C@H](CCN1C(=O)c2ccccc2C1=O)c1ccccc1. The molecule has 0 aliphatic carbocycles. The van der Waals surface area contributed by atoms with Gasteiger partial charge < -0.3 is 4.74 Å². The highest BCUT2D eigenvalue weighted by molar-refractivity contribution is 6.21. The van der Waals surface area contributed by atoms with Gasteiger partial charge in [0.05, 0.1) is 17.5 Å². The summed E-state index contributed by atoms with van der Waals surface area (Å²) in [6, 6.07) is 16.5. The van der Waals surface area contributed by atoms with Gasteiger partial charge in [-0.15, -0.1) is 0 Å². The minimum Gasteiger partial charge on any atom is -0.460 e. The number of carbonyl (C=O) groups excluding carboxylic acids is 3. The molecule has 0 unspecified atom stereocenters. The number of nitrogens with zero attached hydrogens (tertiary/aromatic N) is 1. The average Bonchev–Trinajstić information content (AvgIpc) is 2.89. The smallest absolute Gasteiger partial charge is 0.306 e. The Morgan fingerprint density at radius 1 is 0.929 bits per heavy atom. The van der Waals surface area contributed by atoms with Crippen LogP contribution < -0.4 is 0 Å². The Hall–Kier alpha value is -2.95. The van der Waals surface area contributed by atoms with Crippen molar-refractivity contribution in [3.8, 4) is 0 Å². The fraction of sp³-hybridized carbons (Fsp3) is 0.348. The van der Waals surface area contributed by atoms with Crippen molar-refractivity contribution in [1.29, 1.82) is 0 Å². The van der Waals surface area contributed by atoms with Crippen LogP contribution in [0, 0.1) is 0 Å². The Morgan fingerprint density at radius 3 is 2.00 bits per heavy atom. The van der Waals surface area contributed by atoms with E-state index in [1.807, 2.05) is 51.1 Å². The molecule has 5 nitrogen and oxygen atoms in total. The van der Waals surface area contributed by atoms with Crippen LogP contribution in [0.5, 0.6) is 0 Å². The fourth-order valence-corrected chi connectivity index (χ4v) is 3.42. The average molecular weight is 379 g/mol. The Morgan fingerprint density at radius 2 is 1.46 bits per heavy atom. The topological polar surface area (TPSA) is 63.7 Å². The zero-order chi connectivity index (χ0) is 20.3. The lowest BCUT2D eigenvalue weighted by atomic mass is 9.92. The molecule has 0 saturated heterocycles. The number of fused-ring (bicyclic) bond motifs is 1. The summed E-state index contributed by atoms with van der Waals surface area (Å²) in [5.41, 5.74) is 1.32. The van der Waals surface area contributed by atoms with E-state index >= 15 is 0 Å². The monoisotopic (exact) mass is 379 g/mol. The molecule has 28 heavy (non-hydrogen) atoms. The van der Waals surface area contributed by atoms with Crippen molar-refractivity contribution in [3.05, 3.63) is 71.3 Å². The van der Waals surface area contributed by atoms with E-state index < -0.39 is 5.60 Å². The van der Waals surface area contributed by atoms with E-state index in [1.54, 1.807) is 24.3 Å². The fourth-order valence-electron chi connectivity index (χ4n) is 3.42. The van der Waals surface area contributed by atoms with E-state index in [0.717, 1.165) is 5.56 Å². The van der Waals surface area contributed by atoms with Crippen molar-refractivity contribution in [2.75, 3.05) is 6.54 Å². The molecule has 0 saturated carbocycles. The maximum atomic E-state index is 12.6. The minimum absolute atomic E-state index is 0.139. The van der Waals surface area contributed by atoms with Crippen molar-refractivity contribution in [2.45, 2.75) is 45.1 Å². The van der Waals surface area contributed by atoms with Crippen molar-refractivity contribution in [2.24, 2.45) is 0 Å². The van der Waals surface area contributed by atoms with Gasteiger partial charge in [0.1, 0.15) is 5.60 Å². The molecule has 0 N–H and O–H groups in total. The summed E-state index contributed by atoms with van der Waals surface area (Å²) >= 11 is 0. The molecule has 0 spiro atoms. The zero-order valence-corrected chi connectivity index (χ0v) is 16.5. The molecule has 0 aromatic heterocycles. The Balaban J connectivity index is 1.73. The summed E-state index contributed by atoms with van der Waals surface area (Å²) in [5.74, 6) is -0.974. The first-order chi connectivity index (χ1) is 13.3. The molecule has 2 amide bonds. The number of imide groups is 1. The number of benzene rings is 2. The number of ether oxygens (including phenoxy) is 1. The lowest BCUT2D eigenvalue weighted by molar-refractivity contribution is -0.155. The Kier molecular flexibility index (Phi) is 5.63. The van der Waals surface area contributed by atoms with Crippen LogP contribution in [0.4, 0.5) is 0 Å². The highest BCUT2D eigenvalue weighted by Gasteiger charge is 2.35. The van der Waals surface area contributed by atoms with E-state index in [0.29, 0.717) is 17.5 Å². The van der Waals surface area contributed by atoms with Crippen LogP contribution in [0.15, 0.2) is 54.6 Å². The summed E-state index contributed by atoms with van der Waals surface area (Å²) in [7, 11) is 0. The molecule has 0 radical (unpaired) electrons. The Bertz CT molecular complexity index is 848. The molecule has 2 aromatic rings. The van der Waals surface area contributed by atoms with Crippen molar-refractivity contribution >= 4 is 17.8 Å². The summed E-state index contributed by atoms with van der Waals surface area (Å²) in [4.78, 5) is 38.8. The third kappa shape index (κ3) is 4.47. The molecule has 3 rings (SSSR count). The van der Waals surface area contributed by atoms with Crippen LogP contribution in [0.25, 0.3) is 0 Å². The third-order valence-electron chi connectivity index (χ3n) is 4.68. The van der Waals surface area contributed by atoms with E-state index in [4.69, 9.17) is 4.74 Å². The second-order valence-electron chi connectivity index (χ2n) is 7.99. The number of carbonyl (C=O) groups is 3. The van der Waals surface area contributed by atoms with E-state index in [9.17, 15) is 14.4 Å². The second kappa shape index (κ2) is 7.97. The van der Waals surface area contributed by atoms with Gasteiger partial charge >= 0.3 is 5.97 Å². The summed E-state index contributed by atoms with van der Waals surface area (Å²) < 4.78 is 5.47. The molecular formula is C23H25NO4. The summed E-state index contributed by atoms with van der Waals surface area (Å²) in [6.07, 6.45) is 0.694. The first kappa shape index (κ1) is 19.8. The van der Waals surface area contributed by atoms with Crippen LogP contribution in [0.3, 0.4) is 0 Å². The molecule has 0 bridgehead atoms. The molecule has 0 fully saturated rings. The van der Waals surface area contributed by atoms with Gasteiger partial charge in [0.15, 0.2) is 0 Å². The highest BCUT2D eigenvalue weighted by Crippen LogP contribution is 2.28. The normalized spacial score (nSPS) is 14.8. The maximum absolute atomic E-state index is 12.6. The van der Waals surface area contributed by atoms with Crippen molar-refractivity contribution in [1.82, 2.24) is 4.90 Å². The highest BCUT2D eigenvalue weighted by atomic mass is 16.6. The summed E-state index contributed by atoms with van der Waals surface area (Å²) in [6.45, 7) is 5.76. The van der Waals surface area contributed by atoms with Gasteiger partial charge in [-0.2, -0.15) is 0 Å². The quantitative estimate of drug-likeness (QED) is 0.558. The lowest BCUT2D eigenvalue weighted by Gasteiger charge is -2.24. The number of hydrogen-bond donors (Lipinski definition) is 0. The largest absolute Gasteiger partial charge is 0.460 e. The molecular weight excluding hydrogens is 354 g/mol. The van der Waals surface area contributed by atoms with Gasteiger partial charge in [-0.1, -0.05) is 42.5 Å². The molecule has 1 aliphatic rings. The molecule has 1 heterocycles. The van der Waals surface area contributed by atoms with Crippen LogP contribution >= 0.6 is 0 Å². The predicted octanol–water partition coefficient (Wildman–Crippen LogP) is 4.19. The minimum atomic E-state index is -0.555. The van der Waals surface area contributed by atoms with E-state index in [2.05, 4.69) is 0 Å². The van der Waals surface area contributed by atoms with Crippen molar-refractivity contribution < 1.29 is 19.1 Å². The standard InChI is InChI=1S/C23H25NO4/c1-23(2,3)28-20(25)15-17(16-9-5-4-6-10-16)13-14-24-21(26)18-11-7-8-12-19(18)22(24)27/h4-12,17H,13-15H2,1-3H3/t17-/m0/s1. The van der Waals surface area contributed by atoms with Crippen molar-refractivity contribution in [3.63, 3.8) is 0 Å². The van der Waals surface area contributed by atoms with Crippen LogP contribution in [-0.2, 0) is 9.53 Å².